The summed E-state index contributed by atoms with van der Waals surface area (Å²) in [6.07, 6.45) is 40.1. The fourth-order valence-corrected chi connectivity index (χ4v) is 10.4. The second-order valence-corrected chi connectivity index (χ2v) is 23.6. The maximum atomic E-state index is 5.92. The number of rotatable bonds is 36. The molecule has 0 spiro atoms. The summed E-state index contributed by atoms with van der Waals surface area (Å²) in [6, 6.07) is 2.51. The molecule has 46 heavy (non-hydrogen) atoms. The van der Waals surface area contributed by atoms with Gasteiger partial charge in [0.2, 0.25) is 0 Å². The fraction of sp³-hybridized carbons (Fsp3) is 1.00. The minimum atomic E-state index is -2.40. The molecule has 0 atom stereocenters. The van der Waals surface area contributed by atoms with E-state index in [9.17, 15) is 0 Å². The van der Waals surface area contributed by atoms with E-state index in [-0.39, 0.29) is 0 Å². The Morgan fingerprint density at radius 1 is 0.283 bits per heavy atom. The average molecular weight is 687 g/mol. The zero-order chi connectivity index (χ0) is 34.5. The van der Waals surface area contributed by atoms with Crippen LogP contribution in [0.15, 0.2) is 0 Å². The van der Waals surface area contributed by atoms with Gasteiger partial charge in [-0.25, -0.2) is 0 Å². The van der Waals surface area contributed by atoms with E-state index in [1.807, 2.05) is 20.8 Å². The SMILES string of the molecule is CCCCCCCCCCCCCCCC[Si](C)(C)C.CCCCCCCCCCCCCCCC[Si](OCC)(OCC)OCC. The third-order valence-corrected chi connectivity index (χ3v) is 14.2. The maximum absolute atomic E-state index is 5.92. The third kappa shape index (κ3) is 38.8. The lowest BCUT2D eigenvalue weighted by molar-refractivity contribution is 0.0706. The quantitative estimate of drug-likeness (QED) is 0.0485. The molecule has 0 amide bonds. The molecule has 0 bridgehead atoms. The average Bonchev–Trinajstić information content (AvgIpc) is 3.01. The summed E-state index contributed by atoms with van der Waals surface area (Å²) in [5.41, 5.74) is 0. The van der Waals surface area contributed by atoms with Crippen molar-refractivity contribution in [1.82, 2.24) is 0 Å². The van der Waals surface area contributed by atoms with Crippen molar-refractivity contribution >= 4 is 16.9 Å². The summed E-state index contributed by atoms with van der Waals surface area (Å²) in [5, 5.41) is 0. The Balaban J connectivity index is 0. The molecular weight excluding hydrogens is 597 g/mol. The summed E-state index contributed by atoms with van der Waals surface area (Å²) in [7, 11) is -3.16. The first-order valence-electron chi connectivity index (χ1n) is 21.2. The van der Waals surface area contributed by atoms with Crippen molar-refractivity contribution in [2.75, 3.05) is 19.8 Å². The molecule has 0 rings (SSSR count). The molecule has 0 saturated carbocycles. The molecule has 280 valence electrons. The van der Waals surface area contributed by atoms with Crippen LogP contribution in [0.5, 0.6) is 0 Å². The molecule has 0 fully saturated rings. The zero-order valence-corrected chi connectivity index (χ0v) is 35.6. The van der Waals surface area contributed by atoms with Gasteiger partial charge < -0.3 is 13.3 Å². The fourth-order valence-electron chi connectivity index (χ4n) is 6.39. The predicted octanol–water partition coefficient (Wildman–Crippen LogP) is 15.3. The molecular formula is C41H90O3Si2. The number of hydrogen-bond acceptors (Lipinski definition) is 3. The maximum Gasteiger partial charge on any atom is 0.500 e. The van der Waals surface area contributed by atoms with Gasteiger partial charge in [-0.05, 0) is 27.2 Å². The molecule has 5 heteroatoms. The van der Waals surface area contributed by atoms with Crippen molar-refractivity contribution in [3.63, 3.8) is 0 Å². The zero-order valence-electron chi connectivity index (χ0n) is 33.6. The Morgan fingerprint density at radius 2 is 0.500 bits per heavy atom. The first kappa shape index (κ1) is 48.4. The molecule has 0 aromatic carbocycles. The van der Waals surface area contributed by atoms with Crippen LogP contribution in [-0.4, -0.2) is 36.7 Å². The Morgan fingerprint density at radius 3 is 0.717 bits per heavy atom. The molecule has 0 unspecified atom stereocenters. The third-order valence-electron chi connectivity index (χ3n) is 9.21. The van der Waals surface area contributed by atoms with Gasteiger partial charge in [-0.15, -0.1) is 0 Å². The van der Waals surface area contributed by atoms with E-state index in [0.717, 1.165) is 6.04 Å². The molecule has 0 radical (unpaired) electrons. The van der Waals surface area contributed by atoms with E-state index in [0.29, 0.717) is 19.8 Å². The normalized spacial score (nSPS) is 12.0. The highest BCUT2D eigenvalue weighted by Gasteiger charge is 2.39. The van der Waals surface area contributed by atoms with Crippen molar-refractivity contribution in [2.45, 2.75) is 246 Å². The monoisotopic (exact) mass is 687 g/mol. The van der Waals surface area contributed by atoms with Crippen LogP contribution in [0.4, 0.5) is 0 Å². The van der Waals surface area contributed by atoms with Crippen molar-refractivity contribution in [1.29, 1.82) is 0 Å². The summed E-state index contributed by atoms with van der Waals surface area (Å²) >= 11 is 0. The molecule has 0 heterocycles. The van der Waals surface area contributed by atoms with Crippen LogP contribution >= 0.6 is 0 Å². The van der Waals surface area contributed by atoms with Crippen molar-refractivity contribution in [3.8, 4) is 0 Å². The Labute approximate surface area is 295 Å². The Hall–Kier alpha value is 0.314. The van der Waals surface area contributed by atoms with Gasteiger partial charge in [0.15, 0.2) is 0 Å². The second kappa shape index (κ2) is 38.1. The van der Waals surface area contributed by atoms with E-state index in [1.54, 1.807) is 0 Å². The highest BCUT2D eigenvalue weighted by atomic mass is 28.4. The van der Waals surface area contributed by atoms with Crippen LogP contribution in [0.3, 0.4) is 0 Å². The Kier molecular flexibility index (Phi) is 40.1. The second-order valence-electron chi connectivity index (χ2n) is 15.2. The summed E-state index contributed by atoms with van der Waals surface area (Å²) in [5.74, 6) is 0. The van der Waals surface area contributed by atoms with Gasteiger partial charge in [-0.3, -0.25) is 0 Å². The lowest BCUT2D eigenvalue weighted by atomic mass is 10.0. The minimum absolute atomic E-state index is 0.685. The van der Waals surface area contributed by atoms with Crippen molar-refractivity contribution in [3.05, 3.63) is 0 Å². The summed E-state index contributed by atoms with van der Waals surface area (Å²) < 4.78 is 17.8. The smallest absolute Gasteiger partial charge is 0.374 e. The summed E-state index contributed by atoms with van der Waals surface area (Å²) in [6.45, 7) is 20.2. The molecule has 0 aliphatic rings. The lowest BCUT2D eigenvalue weighted by Gasteiger charge is -2.28. The number of hydrogen-bond donors (Lipinski definition) is 0. The standard InChI is InChI=1S/C22H48O3Si.C19H42Si/c1-5-9-10-11-12-13-14-15-16-17-18-19-20-21-22-26(23-6-2,24-7-3)25-8-4;1-5-6-7-8-9-10-11-12-13-14-15-16-17-18-19-20(2,3)4/h5-22H2,1-4H3;5-19H2,1-4H3. The highest BCUT2D eigenvalue weighted by molar-refractivity contribution is 6.76. The number of unbranched alkanes of at least 4 members (excludes halogenated alkanes) is 26. The van der Waals surface area contributed by atoms with Crippen LogP contribution in [0.1, 0.15) is 214 Å². The first-order chi connectivity index (χ1) is 22.3. The molecule has 3 nitrogen and oxygen atoms in total. The van der Waals surface area contributed by atoms with Gasteiger partial charge in [-0.2, -0.15) is 0 Å². The topological polar surface area (TPSA) is 27.7 Å². The highest BCUT2D eigenvalue weighted by Crippen LogP contribution is 2.21. The molecule has 0 aliphatic carbocycles. The van der Waals surface area contributed by atoms with Crippen molar-refractivity contribution < 1.29 is 13.3 Å². The Bertz CT molecular complexity index is 535. The van der Waals surface area contributed by atoms with E-state index in [1.165, 1.54) is 186 Å². The van der Waals surface area contributed by atoms with Gasteiger partial charge in [0.1, 0.15) is 0 Å². The molecule has 0 saturated heterocycles. The largest absolute Gasteiger partial charge is 0.500 e. The van der Waals surface area contributed by atoms with Crippen LogP contribution in [0.2, 0.25) is 31.7 Å². The van der Waals surface area contributed by atoms with Gasteiger partial charge in [-0.1, -0.05) is 213 Å². The molecule has 0 aliphatic heterocycles. The van der Waals surface area contributed by atoms with Gasteiger partial charge in [0, 0.05) is 33.9 Å². The van der Waals surface area contributed by atoms with Crippen LogP contribution in [-0.2, 0) is 13.3 Å². The van der Waals surface area contributed by atoms with Crippen LogP contribution in [0.25, 0.3) is 0 Å². The van der Waals surface area contributed by atoms with Crippen LogP contribution in [0, 0.1) is 0 Å². The molecule has 0 N–H and O–H groups in total. The van der Waals surface area contributed by atoms with Gasteiger partial charge in [0.25, 0.3) is 0 Å². The lowest BCUT2D eigenvalue weighted by Crippen LogP contribution is -2.45. The summed E-state index contributed by atoms with van der Waals surface area (Å²) in [4.78, 5) is 0. The minimum Gasteiger partial charge on any atom is -0.374 e. The van der Waals surface area contributed by atoms with Crippen LogP contribution < -0.4 is 0 Å². The molecule has 0 aromatic rings. The molecule has 0 aromatic heterocycles. The van der Waals surface area contributed by atoms with E-state index >= 15 is 0 Å². The van der Waals surface area contributed by atoms with Gasteiger partial charge >= 0.3 is 8.80 Å². The predicted molar refractivity (Wildman–Crippen MR) is 214 cm³/mol. The van der Waals surface area contributed by atoms with Crippen molar-refractivity contribution in [2.24, 2.45) is 0 Å². The van der Waals surface area contributed by atoms with E-state index < -0.39 is 16.9 Å². The van der Waals surface area contributed by atoms with Gasteiger partial charge in [0.05, 0.1) is 0 Å². The van der Waals surface area contributed by atoms with E-state index in [4.69, 9.17) is 13.3 Å². The van der Waals surface area contributed by atoms with E-state index in [2.05, 4.69) is 33.5 Å². The first-order valence-corrected chi connectivity index (χ1v) is 26.9.